The van der Waals surface area contributed by atoms with Crippen LogP contribution < -0.4 is 19.7 Å². The zero-order valence-corrected chi connectivity index (χ0v) is 22.0. The van der Waals surface area contributed by atoms with E-state index >= 15 is 0 Å². The first-order valence-electron chi connectivity index (χ1n) is 12.7. The molecule has 2 amide bonds. The van der Waals surface area contributed by atoms with E-state index in [0.29, 0.717) is 11.3 Å². The molecule has 11 heteroatoms. The molecule has 0 saturated heterocycles. The largest absolute Gasteiger partial charge is 0.573 e. The SMILES string of the molecule is O=C(O)CCNC(=O)c1ccc(N(Cc2ccc(OC(F)(F)F)cc2)C(=O)Oc2ccc(-c3ccccc3)cc2)cc1. The number of carbonyl (C=O) groups excluding carboxylic acids is 2. The Bertz CT molecular complexity index is 1510. The van der Waals surface area contributed by atoms with Gasteiger partial charge in [0.25, 0.3) is 5.91 Å². The van der Waals surface area contributed by atoms with Gasteiger partial charge in [-0.25, -0.2) is 4.79 Å². The summed E-state index contributed by atoms with van der Waals surface area (Å²) in [5, 5.41) is 11.2. The molecular formula is C31H25F3N2O6. The number of nitrogens with one attached hydrogen (secondary N) is 1. The van der Waals surface area contributed by atoms with Crippen molar-refractivity contribution in [2.45, 2.75) is 19.3 Å². The lowest BCUT2D eigenvalue weighted by molar-refractivity contribution is -0.274. The average Bonchev–Trinajstić information content (AvgIpc) is 2.96. The number of anilines is 1. The fourth-order valence-corrected chi connectivity index (χ4v) is 3.92. The van der Waals surface area contributed by atoms with Gasteiger partial charge in [-0.15, -0.1) is 13.2 Å². The van der Waals surface area contributed by atoms with E-state index < -0.39 is 30.1 Å². The lowest BCUT2D eigenvalue weighted by Gasteiger charge is -2.23. The van der Waals surface area contributed by atoms with Gasteiger partial charge in [-0.1, -0.05) is 54.6 Å². The van der Waals surface area contributed by atoms with E-state index in [1.165, 1.54) is 41.3 Å². The van der Waals surface area contributed by atoms with Gasteiger partial charge in [-0.05, 0) is 65.2 Å². The van der Waals surface area contributed by atoms with Crippen LogP contribution in [0.4, 0.5) is 23.7 Å². The molecule has 0 aliphatic rings. The summed E-state index contributed by atoms with van der Waals surface area (Å²) in [7, 11) is 0. The van der Waals surface area contributed by atoms with Crippen LogP contribution in [-0.2, 0) is 11.3 Å². The van der Waals surface area contributed by atoms with Crippen molar-refractivity contribution >= 4 is 23.7 Å². The Balaban J connectivity index is 1.53. The number of amides is 2. The Kier molecular flexibility index (Phi) is 9.43. The van der Waals surface area contributed by atoms with Crippen molar-refractivity contribution in [3.8, 4) is 22.6 Å². The molecule has 0 fully saturated rings. The highest BCUT2D eigenvalue weighted by atomic mass is 19.4. The van der Waals surface area contributed by atoms with Crippen LogP contribution in [-0.4, -0.2) is 36.0 Å². The van der Waals surface area contributed by atoms with Crippen LogP contribution in [0.25, 0.3) is 11.1 Å². The van der Waals surface area contributed by atoms with Gasteiger partial charge in [0.15, 0.2) is 0 Å². The van der Waals surface area contributed by atoms with Crippen LogP contribution in [0.2, 0.25) is 0 Å². The van der Waals surface area contributed by atoms with Crippen LogP contribution in [0.1, 0.15) is 22.3 Å². The molecule has 2 N–H and O–H groups in total. The van der Waals surface area contributed by atoms with Crippen molar-refractivity contribution in [3.63, 3.8) is 0 Å². The van der Waals surface area contributed by atoms with E-state index in [0.717, 1.165) is 23.3 Å². The smallest absolute Gasteiger partial charge is 0.481 e. The summed E-state index contributed by atoms with van der Waals surface area (Å²) < 4.78 is 47.2. The van der Waals surface area contributed by atoms with E-state index in [1.54, 1.807) is 24.3 Å². The Morgan fingerprint density at radius 3 is 1.95 bits per heavy atom. The maximum Gasteiger partial charge on any atom is 0.573 e. The Morgan fingerprint density at radius 1 is 0.762 bits per heavy atom. The summed E-state index contributed by atoms with van der Waals surface area (Å²) in [5.74, 6) is -1.67. The second kappa shape index (κ2) is 13.4. The van der Waals surface area contributed by atoms with Crippen molar-refractivity contribution in [1.82, 2.24) is 5.32 Å². The highest BCUT2D eigenvalue weighted by Gasteiger charge is 2.31. The van der Waals surface area contributed by atoms with Gasteiger partial charge < -0.3 is 19.9 Å². The summed E-state index contributed by atoms with van der Waals surface area (Å²) in [6.07, 6.45) is -5.84. The predicted molar refractivity (Wildman–Crippen MR) is 148 cm³/mol. The third-order valence-corrected chi connectivity index (χ3v) is 5.95. The summed E-state index contributed by atoms with van der Waals surface area (Å²) in [4.78, 5) is 37.6. The highest BCUT2D eigenvalue weighted by Crippen LogP contribution is 2.26. The van der Waals surface area contributed by atoms with Crippen molar-refractivity contribution in [2.75, 3.05) is 11.4 Å². The molecule has 216 valence electrons. The molecule has 0 aliphatic heterocycles. The Labute approximate surface area is 238 Å². The molecule has 0 saturated carbocycles. The van der Waals surface area contributed by atoms with E-state index in [1.807, 2.05) is 30.3 Å². The van der Waals surface area contributed by atoms with E-state index in [4.69, 9.17) is 9.84 Å². The van der Waals surface area contributed by atoms with Crippen molar-refractivity contribution < 1.29 is 42.1 Å². The van der Waals surface area contributed by atoms with Crippen LogP contribution in [0.3, 0.4) is 0 Å². The minimum Gasteiger partial charge on any atom is -0.481 e. The molecule has 4 aromatic rings. The van der Waals surface area contributed by atoms with Crippen LogP contribution in [0.15, 0.2) is 103 Å². The van der Waals surface area contributed by atoms with Gasteiger partial charge in [0.05, 0.1) is 13.0 Å². The number of carboxylic acid groups (broad SMARTS) is 1. The van der Waals surface area contributed by atoms with Crippen LogP contribution >= 0.6 is 0 Å². The lowest BCUT2D eigenvalue weighted by Crippen LogP contribution is -2.33. The maximum atomic E-state index is 13.3. The standard InChI is InChI=1S/C31H25F3N2O6/c32-31(33,34)42-27-14-6-21(7-15-27)20-36(25-12-8-24(9-13-25)29(39)35-19-18-28(37)38)30(40)41-26-16-10-23(11-17-26)22-4-2-1-3-5-22/h1-17H,18-20H2,(H,35,39)(H,37,38). The molecule has 4 aromatic carbocycles. The third kappa shape index (κ3) is 8.59. The number of benzene rings is 4. The van der Waals surface area contributed by atoms with Gasteiger partial charge in [0.2, 0.25) is 0 Å². The molecule has 4 rings (SSSR count). The fourth-order valence-electron chi connectivity index (χ4n) is 3.92. The van der Waals surface area contributed by atoms with Gasteiger partial charge in [-0.3, -0.25) is 14.5 Å². The molecule has 0 aliphatic carbocycles. The van der Waals surface area contributed by atoms with E-state index in [-0.39, 0.29) is 30.8 Å². The van der Waals surface area contributed by atoms with Gasteiger partial charge in [0.1, 0.15) is 11.5 Å². The average molecular weight is 579 g/mol. The number of hydrogen-bond donors (Lipinski definition) is 2. The zero-order chi connectivity index (χ0) is 30.1. The molecule has 0 spiro atoms. The third-order valence-electron chi connectivity index (χ3n) is 5.95. The molecule has 0 unspecified atom stereocenters. The first-order chi connectivity index (χ1) is 20.1. The van der Waals surface area contributed by atoms with Gasteiger partial charge in [-0.2, -0.15) is 0 Å². The lowest BCUT2D eigenvalue weighted by atomic mass is 10.1. The normalized spacial score (nSPS) is 10.9. The van der Waals surface area contributed by atoms with E-state index in [2.05, 4.69) is 10.1 Å². The number of carbonyl (C=O) groups is 3. The van der Waals surface area contributed by atoms with Crippen molar-refractivity contribution in [1.29, 1.82) is 0 Å². The van der Waals surface area contributed by atoms with Crippen LogP contribution in [0, 0.1) is 0 Å². The number of aliphatic carboxylic acids is 1. The van der Waals surface area contributed by atoms with Crippen LogP contribution in [0.5, 0.6) is 11.5 Å². The number of halogens is 3. The highest BCUT2D eigenvalue weighted by molar-refractivity contribution is 5.95. The number of hydrogen-bond acceptors (Lipinski definition) is 5. The number of rotatable bonds is 10. The monoisotopic (exact) mass is 578 g/mol. The molecule has 0 bridgehead atoms. The minimum atomic E-state index is -4.84. The number of ether oxygens (including phenoxy) is 2. The fraction of sp³-hybridized carbons (Fsp3) is 0.129. The molecule has 0 atom stereocenters. The molecule has 0 radical (unpaired) electrons. The number of alkyl halides is 3. The second-order valence-electron chi connectivity index (χ2n) is 8.98. The molecule has 42 heavy (non-hydrogen) atoms. The Morgan fingerprint density at radius 2 is 1.36 bits per heavy atom. The van der Waals surface area contributed by atoms with Gasteiger partial charge in [0, 0.05) is 17.8 Å². The number of carboxylic acids is 1. The quantitative estimate of drug-likeness (QED) is 0.218. The minimum absolute atomic E-state index is 0.0501. The van der Waals surface area contributed by atoms with Gasteiger partial charge >= 0.3 is 18.4 Å². The summed E-state index contributed by atoms with van der Waals surface area (Å²) in [6.45, 7) is -0.122. The summed E-state index contributed by atoms with van der Waals surface area (Å²) >= 11 is 0. The summed E-state index contributed by atoms with van der Waals surface area (Å²) in [6, 6.07) is 27.5. The summed E-state index contributed by atoms with van der Waals surface area (Å²) in [5.41, 5.74) is 2.98. The Hall–Kier alpha value is -5.32. The van der Waals surface area contributed by atoms with E-state index in [9.17, 15) is 27.6 Å². The molecule has 0 aromatic heterocycles. The molecule has 8 nitrogen and oxygen atoms in total. The first kappa shape index (κ1) is 29.7. The first-order valence-corrected chi connectivity index (χ1v) is 12.7. The number of nitrogens with zero attached hydrogens (tertiary/aromatic N) is 1. The van der Waals surface area contributed by atoms with Crippen molar-refractivity contribution in [3.05, 3.63) is 114 Å². The molecule has 0 heterocycles. The van der Waals surface area contributed by atoms with Crippen molar-refractivity contribution in [2.24, 2.45) is 0 Å². The molecular weight excluding hydrogens is 553 g/mol. The second-order valence-corrected chi connectivity index (χ2v) is 8.98. The zero-order valence-electron chi connectivity index (χ0n) is 22.0. The maximum absolute atomic E-state index is 13.3. The topological polar surface area (TPSA) is 105 Å². The predicted octanol–water partition coefficient (Wildman–Crippen LogP) is 6.66.